The molecule has 21 heavy (non-hydrogen) atoms. The van der Waals surface area contributed by atoms with Crippen LogP contribution in [0.1, 0.15) is 27.9 Å². The number of furan rings is 2. The van der Waals surface area contributed by atoms with Crippen molar-refractivity contribution in [3.05, 3.63) is 59.7 Å². The molecule has 0 saturated carbocycles. The molecule has 2 aromatic heterocycles. The minimum Gasteiger partial charge on any atom is -0.467 e. The fourth-order valence-electron chi connectivity index (χ4n) is 2.31. The predicted octanol–water partition coefficient (Wildman–Crippen LogP) is 2.80. The maximum atomic E-state index is 12.3. The lowest BCUT2D eigenvalue weighted by atomic mass is 10.1. The summed E-state index contributed by atoms with van der Waals surface area (Å²) < 4.78 is 10.8. The monoisotopic (exact) mass is 285 g/mol. The molecule has 2 heterocycles. The van der Waals surface area contributed by atoms with E-state index in [1.165, 1.54) is 6.26 Å². The minimum atomic E-state index is -0.597. The number of benzene rings is 1. The molecule has 1 amide bonds. The number of rotatable bonds is 4. The number of aryl methyl sites for hydroxylation is 1. The van der Waals surface area contributed by atoms with Gasteiger partial charge in [-0.05, 0) is 25.1 Å². The Morgan fingerprint density at radius 2 is 2.10 bits per heavy atom. The summed E-state index contributed by atoms with van der Waals surface area (Å²) in [5, 5.41) is 13.0. The third-order valence-corrected chi connectivity index (χ3v) is 3.42. The summed E-state index contributed by atoms with van der Waals surface area (Å²) in [6.45, 7) is 1.58. The Kier molecular flexibility index (Phi) is 3.50. The Balaban J connectivity index is 1.88. The first-order valence-corrected chi connectivity index (χ1v) is 6.64. The Morgan fingerprint density at radius 1 is 1.29 bits per heavy atom. The zero-order valence-corrected chi connectivity index (χ0v) is 11.5. The number of amides is 1. The molecule has 5 nitrogen and oxygen atoms in total. The average Bonchev–Trinajstić information content (AvgIpc) is 3.13. The first-order chi connectivity index (χ1) is 10.2. The van der Waals surface area contributed by atoms with Gasteiger partial charge in [0.05, 0.1) is 12.9 Å². The van der Waals surface area contributed by atoms with Gasteiger partial charge in [0, 0.05) is 10.9 Å². The molecule has 0 radical (unpaired) electrons. The van der Waals surface area contributed by atoms with E-state index >= 15 is 0 Å². The van der Waals surface area contributed by atoms with Gasteiger partial charge in [0.25, 0.3) is 5.91 Å². The highest BCUT2D eigenvalue weighted by atomic mass is 16.3. The van der Waals surface area contributed by atoms with Crippen molar-refractivity contribution in [2.24, 2.45) is 0 Å². The van der Waals surface area contributed by atoms with Crippen LogP contribution in [0.3, 0.4) is 0 Å². The molecule has 0 aliphatic rings. The molecule has 108 valence electrons. The molecule has 0 spiro atoms. The van der Waals surface area contributed by atoms with Gasteiger partial charge in [-0.15, -0.1) is 0 Å². The van der Waals surface area contributed by atoms with Crippen molar-refractivity contribution in [1.82, 2.24) is 5.32 Å². The largest absolute Gasteiger partial charge is 0.467 e. The van der Waals surface area contributed by atoms with E-state index in [2.05, 4.69) is 5.32 Å². The van der Waals surface area contributed by atoms with Gasteiger partial charge in [-0.25, -0.2) is 0 Å². The van der Waals surface area contributed by atoms with Crippen LogP contribution in [0.4, 0.5) is 0 Å². The Hall–Kier alpha value is -2.53. The van der Waals surface area contributed by atoms with Crippen molar-refractivity contribution in [3.8, 4) is 0 Å². The number of nitrogens with one attached hydrogen (secondary N) is 1. The summed E-state index contributed by atoms with van der Waals surface area (Å²) >= 11 is 0. The van der Waals surface area contributed by atoms with Crippen molar-refractivity contribution in [1.29, 1.82) is 0 Å². The van der Waals surface area contributed by atoms with Gasteiger partial charge in [0.1, 0.15) is 17.4 Å². The van der Waals surface area contributed by atoms with E-state index < -0.39 is 6.04 Å². The highest BCUT2D eigenvalue weighted by Crippen LogP contribution is 2.25. The third-order valence-electron chi connectivity index (χ3n) is 3.42. The van der Waals surface area contributed by atoms with Crippen LogP contribution >= 0.6 is 0 Å². The zero-order valence-electron chi connectivity index (χ0n) is 11.5. The van der Waals surface area contributed by atoms with Crippen LogP contribution in [0.15, 0.2) is 51.5 Å². The SMILES string of the molecule is Cc1c(C(=O)NC(CO)c2ccco2)oc2ccccc12. The summed E-state index contributed by atoms with van der Waals surface area (Å²) in [6, 6.07) is 10.3. The summed E-state index contributed by atoms with van der Waals surface area (Å²) in [5.41, 5.74) is 1.44. The van der Waals surface area contributed by atoms with E-state index in [1.807, 2.05) is 31.2 Å². The van der Waals surface area contributed by atoms with E-state index in [-0.39, 0.29) is 18.3 Å². The summed E-state index contributed by atoms with van der Waals surface area (Å²) in [5.74, 6) is 0.375. The summed E-state index contributed by atoms with van der Waals surface area (Å²) in [6.07, 6.45) is 1.50. The molecular weight excluding hydrogens is 270 g/mol. The van der Waals surface area contributed by atoms with Crippen molar-refractivity contribution < 1.29 is 18.7 Å². The third kappa shape index (κ3) is 2.43. The number of fused-ring (bicyclic) bond motifs is 1. The number of para-hydroxylation sites is 1. The van der Waals surface area contributed by atoms with E-state index in [0.717, 1.165) is 10.9 Å². The van der Waals surface area contributed by atoms with E-state index in [9.17, 15) is 9.90 Å². The fourth-order valence-corrected chi connectivity index (χ4v) is 2.31. The first kappa shape index (κ1) is 13.5. The van der Waals surface area contributed by atoms with E-state index in [1.54, 1.807) is 12.1 Å². The smallest absolute Gasteiger partial charge is 0.287 e. The van der Waals surface area contributed by atoms with Crippen LogP contribution < -0.4 is 5.32 Å². The van der Waals surface area contributed by atoms with Crippen molar-refractivity contribution in [2.45, 2.75) is 13.0 Å². The lowest BCUT2D eigenvalue weighted by Gasteiger charge is -2.12. The number of carbonyl (C=O) groups excluding carboxylic acids is 1. The fraction of sp³-hybridized carbons (Fsp3) is 0.188. The zero-order chi connectivity index (χ0) is 14.8. The van der Waals surface area contributed by atoms with Crippen molar-refractivity contribution in [3.63, 3.8) is 0 Å². The molecule has 0 aliphatic carbocycles. The van der Waals surface area contributed by atoms with Crippen molar-refractivity contribution >= 4 is 16.9 Å². The number of hydrogen-bond acceptors (Lipinski definition) is 4. The maximum absolute atomic E-state index is 12.3. The minimum absolute atomic E-state index is 0.251. The second-order valence-corrected chi connectivity index (χ2v) is 4.78. The Bertz CT molecular complexity index is 758. The molecule has 1 unspecified atom stereocenters. The van der Waals surface area contributed by atoms with Gasteiger partial charge >= 0.3 is 0 Å². The van der Waals surface area contributed by atoms with E-state index in [0.29, 0.717) is 11.3 Å². The molecular formula is C16H15NO4. The molecule has 1 atom stereocenters. The molecule has 5 heteroatoms. The second-order valence-electron chi connectivity index (χ2n) is 4.78. The lowest BCUT2D eigenvalue weighted by Crippen LogP contribution is -2.30. The van der Waals surface area contributed by atoms with Gasteiger partial charge in [-0.3, -0.25) is 4.79 Å². The van der Waals surface area contributed by atoms with Crippen LogP contribution in [0.2, 0.25) is 0 Å². The standard InChI is InChI=1S/C16H15NO4/c1-10-11-5-2-3-6-13(11)21-15(10)16(19)17-12(9-18)14-7-4-8-20-14/h2-8,12,18H,9H2,1H3,(H,17,19). The van der Waals surface area contributed by atoms with Crippen molar-refractivity contribution in [2.75, 3.05) is 6.61 Å². The quantitative estimate of drug-likeness (QED) is 0.773. The average molecular weight is 285 g/mol. The topological polar surface area (TPSA) is 75.6 Å². The first-order valence-electron chi connectivity index (χ1n) is 6.64. The maximum Gasteiger partial charge on any atom is 0.287 e. The molecule has 0 bridgehead atoms. The van der Waals surface area contributed by atoms with Crippen LogP contribution in [0.5, 0.6) is 0 Å². The highest BCUT2D eigenvalue weighted by molar-refractivity contribution is 5.99. The molecule has 2 N–H and O–H groups in total. The lowest BCUT2D eigenvalue weighted by molar-refractivity contribution is 0.0880. The van der Waals surface area contributed by atoms with Crippen LogP contribution in [0, 0.1) is 6.92 Å². The van der Waals surface area contributed by atoms with Gasteiger partial charge in [-0.2, -0.15) is 0 Å². The molecule has 0 aliphatic heterocycles. The van der Waals surface area contributed by atoms with Gasteiger partial charge in [0.2, 0.25) is 0 Å². The van der Waals surface area contributed by atoms with Gasteiger partial charge in [-0.1, -0.05) is 18.2 Å². The number of aliphatic hydroxyl groups excluding tert-OH is 1. The summed E-state index contributed by atoms with van der Waals surface area (Å²) in [4.78, 5) is 12.3. The molecule has 1 aromatic carbocycles. The van der Waals surface area contributed by atoms with Gasteiger partial charge in [0.15, 0.2) is 5.76 Å². The second kappa shape index (κ2) is 5.46. The van der Waals surface area contributed by atoms with Crippen LogP contribution in [-0.4, -0.2) is 17.6 Å². The molecule has 3 aromatic rings. The van der Waals surface area contributed by atoms with E-state index in [4.69, 9.17) is 8.83 Å². The Morgan fingerprint density at radius 3 is 2.76 bits per heavy atom. The summed E-state index contributed by atoms with van der Waals surface area (Å²) in [7, 11) is 0. The number of hydrogen-bond donors (Lipinski definition) is 2. The molecule has 0 saturated heterocycles. The van der Waals surface area contributed by atoms with Gasteiger partial charge < -0.3 is 19.3 Å². The molecule has 3 rings (SSSR count). The predicted molar refractivity (Wildman–Crippen MR) is 77.0 cm³/mol. The van der Waals surface area contributed by atoms with Crippen LogP contribution in [-0.2, 0) is 0 Å². The van der Waals surface area contributed by atoms with Crippen LogP contribution in [0.25, 0.3) is 11.0 Å². The Labute approximate surface area is 121 Å². The highest BCUT2D eigenvalue weighted by Gasteiger charge is 2.22. The molecule has 0 fully saturated rings. The number of aliphatic hydroxyl groups is 1. The number of carbonyl (C=O) groups is 1. The normalized spacial score (nSPS) is 12.5.